The van der Waals surface area contributed by atoms with Gasteiger partial charge in [0.15, 0.2) is 17.5 Å². The molecule has 8 aromatic rings. The van der Waals surface area contributed by atoms with Crippen LogP contribution in [0.4, 0.5) is 0 Å². The van der Waals surface area contributed by atoms with Gasteiger partial charge in [0.1, 0.15) is 11.2 Å². The normalized spacial score (nSPS) is 23.5. The van der Waals surface area contributed by atoms with Gasteiger partial charge in [0.25, 0.3) is 0 Å². The molecule has 0 radical (unpaired) electrons. The van der Waals surface area contributed by atoms with Crippen LogP contribution in [0.1, 0.15) is 43.2 Å². The summed E-state index contributed by atoms with van der Waals surface area (Å²) in [6.45, 7) is 0. The van der Waals surface area contributed by atoms with Crippen LogP contribution in [0, 0.1) is 23.7 Å². The molecule has 0 aliphatic heterocycles. The second-order valence-electron chi connectivity index (χ2n) is 16.0. The van der Waals surface area contributed by atoms with Crippen molar-refractivity contribution in [1.29, 1.82) is 0 Å². The summed E-state index contributed by atoms with van der Waals surface area (Å²) in [5, 5.41) is 2.57. The lowest BCUT2D eigenvalue weighted by molar-refractivity contribution is -0.0393. The number of rotatable bonds is 4. The van der Waals surface area contributed by atoms with Crippen LogP contribution >= 0.6 is 0 Å². The van der Waals surface area contributed by atoms with E-state index in [1.54, 1.807) is 11.1 Å². The van der Waals surface area contributed by atoms with Crippen molar-refractivity contribution < 1.29 is 4.42 Å². The van der Waals surface area contributed by atoms with E-state index in [2.05, 4.69) is 78.9 Å². The molecule has 4 bridgehead atoms. The Kier molecular flexibility index (Phi) is 6.20. The molecule has 0 unspecified atom stereocenters. The molecule has 5 aliphatic rings. The number of fused-ring (bicyclic) bond motifs is 7. The largest absolute Gasteiger partial charge is 0.456 e. The molecule has 0 amide bonds. The molecule has 1 spiro atoms. The molecule has 53 heavy (non-hydrogen) atoms. The average Bonchev–Trinajstić information content (AvgIpc) is 3.73. The van der Waals surface area contributed by atoms with Crippen molar-refractivity contribution in [3.63, 3.8) is 0 Å². The van der Waals surface area contributed by atoms with Gasteiger partial charge in [-0.25, -0.2) is 15.0 Å². The van der Waals surface area contributed by atoms with E-state index in [1.165, 1.54) is 54.0 Å². The van der Waals surface area contributed by atoms with Crippen molar-refractivity contribution >= 4 is 21.9 Å². The summed E-state index contributed by atoms with van der Waals surface area (Å²) in [4.78, 5) is 14.9. The van der Waals surface area contributed by atoms with Gasteiger partial charge in [0.2, 0.25) is 0 Å². The first-order chi connectivity index (χ1) is 26.2. The predicted octanol–water partition coefficient (Wildman–Crippen LogP) is 12.2. The van der Waals surface area contributed by atoms with Crippen molar-refractivity contribution in [3.05, 3.63) is 151 Å². The zero-order valence-corrected chi connectivity index (χ0v) is 29.4. The van der Waals surface area contributed by atoms with Crippen LogP contribution in [-0.2, 0) is 5.41 Å². The van der Waals surface area contributed by atoms with Crippen LogP contribution in [-0.4, -0.2) is 15.0 Å². The van der Waals surface area contributed by atoms with Crippen LogP contribution in [0.5, 0.6) is 0 Å². The molecule has 0 saturated heterocycles. The van der Waals surface area contributed by atoms with Gasteiger partial charge >= 0.3 is 0 Å². The molecule has 5 aliphatic carbocycles. The van der Waals surface area contributed by atoms with E-state index in [0.29, 0.717) is 29.3 Å². The van der Waals surface area contributed by atoms with Crippen molar-refractivity contribution in [3.8, 4) is 56.4 Å². The van der Waals surface area contributed by atoms with Gasteiger partial charge in [0.05, 0.1) is 0 Å². The molecular formula is C49H37N3O. The first-order valence-corrected chi connectivity index (χ1v) is 19.3. The van der Waals surface area contributed by atoms with Crippen LogP contribution in [0.2, 0.25) is 0 Å². The lowest BCUT2D eigenvalue weighted by Crippen LogP contribution is -2.55. The van der Waals surface area contributed by atoms with Gasteiger partial charge in [0, 0.05) is 32.9 Å². The molecule has 4 nitrogen and oxygen atoms in total. The zero-order chi connectivity index (χ0) is 34.7. The fourth-order valence-electron chi connectivity index (χ4n) is 11.5. The summed E-state index contributed by atoms with van der Waals surface area (Å²) in [5.74, 6) is 5.21. The first-order valence-electron chi connectivity index (χ1n) is 19.3. The van der Waals surface area contributed by atoms with Crippen molar-refractivity contribution in [1.82, 2.24) is 15.0 Å². The van der Waals surface area contributed by atoms with Crippen LogP contribution < -0.4 is 0 Å². The van der Waals surface area contributed by atoms with Crippen LogP contribution in [0.25, 0.3) is 78.4 Å². The third-order valence-corrected chi connectivity index (χ3v) is 13.3. The predicted molar refractivity (Wildman–Crippen MR) is 212 cm³/mol. The lowest BCUT2D eigenvalue weighted by atomic mass is 9.43. The summed E-state index contributed by atoms with van der Waals surface area (Å²) in [7, 11) is 0. The fraction of sp³-hybridized carbons (Fsp3) is 0.204. The molecule has 4 saturated carbocycles. The zero-order valence-electron chi connectivity index (χ0n) is 29.4. The van der Waals surface area contributed by atoms with E-state index in [1.807, 2.05) is 60.7 Å². The highest BCUT2D eigenvalue weighted by atomic mass is 16.3. The van der Waals surface area contributed by atoms with Crippen molar-refractivity contribution in [2.24, 2.45) is 23.7 Å². The quantitative estimate of drug-likeness (QED) is 0.185. The Hall–Kier alpha value is -5.87. The number of hydrogen-bond donors (Lipinski definition) is 0. The molecule has 2 heterocycles. The van der Waals surface area contributed by atoms with Gasteiger partial charge in [-0.3, -0.25) is 0 Å². The lowest BCUT2D eigenvalue weighted by Gasteiger charge is -2.61. The Morgan fingerprint density at radius 2 is 1.04 bits per heavy atom. The molecule has 2 aromatic heterocycles. The monoisotopic (exact) mass is 683 g/mol. The van der Waals surface area contributed by atoms with Gasteiger partial charge in [-0.2, -0.15) is 0 Å². The van der Waals surface area contributed by atoms with Gasteiger partial charge < -0.3 is 4.42 Å². The van der Waals surface area contributed by atoms with E-state index < -0.39 is 0 Å². The Labute approximate surface area is 308 Å². The Morgan fingerprint density at radius 1 is 0.453 bits per heavy atom. The molecular weight excluding hydrogens is 647 g/mol. The minimum atomic E-state index is 0.0877. The number of hydrogen-bond acceptors (Lipinski definition) is 4. The topological polar surface area (TPSA) is 51.8 Å². The second kappa shape index (κ2) is 11.1. The highest BCUT2D eigenvalue weighted by molar-refractivity contribution is 6.12. The summed E-state index contributed by atoms with van der Waals surface area (Å²) >= 11 is 0. The van der Waals surface area contributed by atoms with Crippen molar-refractivity contribution in [2.75, 3.05) is 0 Å². The summed E-state index contributed by atoms with van der Waals surface area (Å²) in [5.41, 5.74) is 13.2. The Balaban J connectivity index is 0.994. The molecule has 0 N–H and O–H groups in total. The van der Waals surface area contributed by atoms with Crippen molar-refractivity contribution in [2.45, 2.75) is 37.5 Å². The fourth-order valence-corrected chi connectivity index (χ4v) is 11.5. The number of benzene rings is 6. The highest BCUT2D eigenvalue weighted by Crippen LogP contribution is 2.70. The van der Waals surface area contributed by atoms with E-state index in [4.69, 9.17) is 19.4 Å². The standard InChI is InChI=1S/C49H37N3O/c1-3-10-31(11-4-1)46-50-47(32-12-5-2-6-13-32)52-48(51-46)35-15-9-14-33(27-35)34-18-19-40-43(28-34)53-42-21-20-39-38-16-7-8-17-41(38)49(45(39)44(40)42)36-23-29-22-30(25-36)26-37(49)24-29/h1-21,27-30,36-37H,22-26H2. The number of furan rings is 1. The minimum Gasteiger partial charge on any atom is -0.456 e. The maximum Gasteiger partial charge on any atom is 0.164 e. The smallest absolute Gasteiger partial charge is 0.164 e. The SMILES string of the molecule is c1ccc(-c2nc(-c3ccccc3)nc(-c3cccc(-c4ccc5c(c4)oc4ccc6c(c45)C4(c5ccccc5-6)C5CC6CC(C5)CC4C6)c3)n2)cc1. The Morgan fingerprint density at radius 3 is 1.74 bits per heavy atom. The highest BCUT2D eigenvalue weighted by Gasteiger charge is 2.62. The summed E-state index contributed by atoms with van der Waals surface area (Å²) in [6.07, 6.45) is 6.93. The molecule has 4 heteroatoms. The number of aromatic nitrogens is 3. The maximum absolute atomic E-state index is 6.84. The molecule has 254 valence electrons. The van der Waals surface area contributed by atoms with Crippen LogP contribution in [0.15, 0.2) is 144 Å². The summed E-state index contributed by atoms with van der Waals surface area (Å²) < 4.78 is 6.84. The van der Waals surface area contributed by atoms with Gasteiger partial charge in [-0.15, -0.1) is 0 Å². The third-order valence-electron chi connectivity index (χ3n) is 13.3. The van der Waals surface area contributed by atoms with Gasteiger partial charge in [-0.1, -0.05) is 115 Å². The molecule has 13 rings (SSSR count). The van der Waals surface area contributed by atoms with Gasteiger partial charge in [-0.05, 0) is 113 Å². The maximum atomic E-state index is 6.84. The van der Waals surface area contributed by atoms with E-state index in [9.17, 15) is 0 Å². The second-order valence-corrected chi connectivity index (χ2v) is 16.0. The van der Waals surface area contributed by atoms with E-state index >= 15 is 0 Å². The Bertz CT molecular complexity index is 2660. The van der Waals surface area contributed by atoms with E-state index in [-0.39, 0.29) is 5.41 Å². The van der Waals surface area contributed by atoms with Crippen LogP contribution in [0.3, 0.4) is 0 Å². The third kappa shape index (κ3) is 4.27. The first kappa shape index (κ1) is 29.7. The molecule has 4 fully saturated rings. The minimum absolute atomic E-state index is 0.0877. The van der Waals surface area contributed by atoms with E-state index in [0.717, 1.165) is 50.8 Å². The molecule has 0 atom stereocenters. The number of nitrogens with zero attached hydrogens (tertiary/aromatic N) is 3. The average molecular weight is 684 g/mol. The molecule has 6 aromatic carbocycles. The summed E-state index contributed by atoms with van der Waals surface area (Å²) in [6, 6.07) is 49.6.